The molecule has 1 aromatic carbocycles. The van der Waals surface area contributed by atoms with E-state index in [4.69, 9.17) is 9.84 Å². The van der Waals surface area contributed by atoms with E-state index in [1.54, 1.807) is 6.92 Å². The molecule has 18 heavy (non-hydrogen) atoms. The van der Waals surface area contributed by atoms with Crippen LogP contribution in [0.2, 0.25) is 0 Å². The van der Waals surface area contributed by atoms with Crippen molar-refractivity contribution in [3.63, 3.8) is 0 Å². The van der Waals surface area contributed by atoms with E-state index in [0.717, 1.165) is 17.5 Å². The second kappa shape index (κ2) is 5.48. The molecule has 0 radical (unpaired) electrons. The first-order valence-corrected chi connectivity index (χ1v) is 6.22. The monoisotopic (exact) mass is 252 g/mol. The van der Waals surface area contributed by atoms with E-state index in [-0.39, 0.29) is 30.2 Å². The highest BCUT2D eigenvalue weighted by Crippen LogP contribution is 2.48. The standard InChI is InChI=1S/C14H17FO3/c1-2-18-14(17)13-8-12(13)10-5-9(3-4-16)6-11(15)7-10/h5-7,12-13,16H,2-4,8H2,1H3. The van der Waals surface area contributed by atoms with Gasteiger partial charge in [0.2, 0.25) is 0 Å². The molecule has 4 heteroatoms. The molecule has 0 bridgehead atoms. The topological polar surface area (TPSA) is 46.5 Å². The molecule has 2 rings (SSSR count). The van der Waals surface area contributed by atoms with Crippen molar-refractivity contribution in [2.45, 2.75) is 25.7 Å². The average Bonchev–Trinajstić information content (AvgIpc) is 3.09. The maximum atomic E-state index is 13.4. The zero-order valence-electron chi connectivity index (χ0n) is 10.4. The van der Waals surface area contributed by atoms with Crippen LogP contribution >= 0.6 is 0 Å². The van der Waals surface area contributed by atoms with Crippen molar-refractivity contribution in [1.82, 2.24) is 0 Å². The van der Waals surface area contributed by atoms with Gasteiger partial charge in [-0.25, -0.2) is 4.39 Å². The van der Waals surface area contributed by atoms with E-state index in [1.807, 2.05) is 6.07 Å². The number of rotatable bonds is 5. The lowest BCUT2D eigenvalue weighted by Gasteiger charge is -2.05. The smallest absolute Gasteiger partial charge is 0.309 e. The lowest BCUT2D eigenvalue weighted by atomic mass is 10.0. The molecule has 0 heterocycles. The minimum atomic E-state index is -0.314. The van der Waals surface area contributed by atoms with Crippen LogP contribution in [0.5, 0.6) is 0 Å². The average molecular weight is 252 g/mol. The van der Waals surface area contributed by atoms with Crippen LogP contribution in [0.1, 0.15) is 30.4 Å². The normalized spacial score (nSPS) is 21.7. The minimum Gasteiger partial charge on any atom is -0.466 e. The summed E-state index contributed by atoms with van der Waals surface area (Å²) in [6.45, 7) is 2.15. The molecule has 0 saturated heterocycles. The molecule has 0 aliphatic heterocycles. The lowest BCUT2D eigenvalue weighted by Crippen LogP contribution is -2.07. The fraction of sp³-hybridized carbons (Fsp3) is 0.500. The Morgan fingerprint density at radius 3 is 2.94 bits per heavy atom. The summed E-state index contributed by atoms with van der Waals surface area (Å²) in [4.78, 5) is 11.5. The number of hydrogen-bond donors (Lipinski definition) is 1. The van der Waals surface area contributed by atoms with Crippen LogP contribution in [-0.2, 0) is 16.0 Å². The Kier molecular flexibility index (Phi) is 3.97. The number of ether oxygens (including phenoxy) is 1. The van der Waals surface area contributed by atoms with Crippen molar-refractivity contribution in [2.24, 2.45) is 5.92 Å². The van der Waals surface area contributed by atoms with Crippen molar-refractivity contribution in [3.8, 4) is 0 Å². The predicted octanol–water partition coefficient (Wildman–Crippen LogP) is 2.03. The van der Waals surface area contributed by atoms with Crippen molar-refractivity contribution >= 4 is 5.97 Å². The summed E-state index contributed by atoms with van der Waals surface area (Å²) in [7, 11) is 0. The molecule has 1 aliphatic rings. The second-order valence-corrected chi connectivity index (χ2v) is 4.57. The molecule has 1 fully saturated rings. The molecule has 2 unspecified atom stereocenters. The number of aliphatic hydroxyl groups excluding tert-OH is 1. The van der Waals surface area contributed by atoms with E-state index in [0.29, 0.717) is 13.0 Å². The highest BCUT2D eigenvalue weighted by Gasteiger charge is 2.45. The number of esters is 1. The van der Waals surface area contributed by atoms with Gasteiger partial charge in [0.15, 0.2) is 0 Å². The van der Waals surface area contributed by atoms with Crippen LogP contribution in [0, 0.1) is 11.7 Å². The first kappa shape index (κ1) is 13.0. The maximum absolute atomic E-state index is 13.4. The third-order valence-corrected chi connectivity index (χ3v) is 3.19. The number of aliphatic hydroxyl groups is 1. The summed E-state index contributed by atoms with van der Waals surface area (Å²) in [5.41, 5.74) is 1.60. The Morgan fingerprint density at radius 1 is 1.50 bits per heavy atom. The number of benzene rings is 1. The molecule has 98 valence electrons. The number of carbonyl (C=O) groups is 1. The van der Waals surface area contributed by atoms with Gasteiger partial charge < -0.3 is 9.84 Å². The maximum Gasteiger partial charge on any atom is 0.309 e. The van der Waals surface area contributed by atoms with E-state index in [1.165, 1.54) is 12.1 Å². The van der Waals surface area contributed by atoms with Gasteiger partial charge in [0.1, 0.15) is 5.82 Å². The molecular weight excluding hydrogens is 235 g/mol. The summed E-state index contributed by atoms with van der Waals surface area (Å²) < 4.78 is 18.4. The molecule has 0 aromatic heterocycles. The van der Waals surface area contributed by atoms with Crippen LogP contribution < -0.4 is 0 Å². The third kappa shape index (κ3) is 2.88. The highest BCUT2D eigenvalue weighted by molar-refractivity contribution is 5.77. The van der Waals surface area contributed by atoms with Crippen molar-refractivity contribution < 1.29 is 19.0 Å². The van der Waals surface area contributed by atoms with Crippen LogP contribution in [0.4, 0.5) is 4.39 Å². The quantitative estimate of drug-likeness (QED) is 0.816. The summed E-state index contributed by atoms with van der Waals surface area (Å²) in [6.07, 6.45) is 1.16. The Labute approximate surface area is 106 Å². The van der Waals surface area contributed by atoms with Gasteiger partial charge in [0.05, 0.1) is 12.5 Å². The molecule has 0 amide bonds. The number of carbonyl (C=O) groups excluding carboxylic acids is 1. The summed E-state index contributed by atoms with van der Waals surface area (Å²) in [6, 6.07) is 4.75. The SMILES string of the molecule is CCOC(=O)C1CC1c1cc(F)cc(CCO)c1. The lowest BCUT2D eigenvalue weighted by molar-refractivity contribution is -0.144. The summed E-state index contributed by atoms with van der Waals surface area (Å²) in [5.74, 6) is -0.577. The molecule has 1 N–H and O–H groups in total. The van der Waals surface area contributed by atoms with Gasteiger partial charge in [-0.2, -0.15) is 0 Å². The van der Waals surface area contributed by atoms with Crippen LogP contribution in [0.15, 0.2) is 18.2 Å². The largest absolute Gasteiger partial charge is 0.466 e. The molecule has 0 spiro atoms. The van der Waals surface area contributed by atoms with Gasteiger partial charge in [0, 0.05) is 6.61 Å². The van der Waals surface area contributed by atoms with Gasteiger partial charge in [-0.1, -0.05) is 6.07 Å². The molecule has 1 aliphatic carbocycles. The Bertz CT molecular complexity index is 445. The summed E-state index contributed by atoms with van der Waals surface area (Å²) in [5, 5.41) is 8.87. The minimum absolute atomic E-state index is 0.00509. The Balaban J connectivity index is 2.08. The molecule has 2 atom stereocenters. The second-order valence-electron chi connectivity index (χ2n) is 4.57. The fourth-order valence-electron chi connectivity index (χ4n) is 2.24. The zero-order chi connectivity index (χ0) is 13.1. The first-order valence-electron chi connectivity index (χ1n) is 6.22. The molecule has 1 aromatic rings. The fourth-order valence-corrected chi connectivity index (χ4v) is 2.24. The molecule has 1 saturated carbocycles. The Hall–Kier alpha value is -1.42. The van der Waals surface area contributed by atoms with E-state index in [9.17, 15) is 9.18 Å². The van der Waals surface area contributed by atoms with E-state index in [2.05, 4.69) is 0 Å². The highest BCUT2D eigenvalue weighted by atomic mass is 19.1. The predicted molar refractivity (Wildman–Crippen MR) is 64.7 cm³/mol. The van der Waals surface area contributed by atoms with Crippen molar-refractivity contribution in [3.05, 3.63) is 35.1 Å². The van der Waals surface area contributed by atoms with Gasteiger partial charge in [-0.3, -0.25) is 4.79 Å². The van der Waals surface area contributed by atoms with Gasteiger partial charge >= 0.3 is 5.97 Å². The number of halogens is 1. The Morgan fingerprint density at radius 2 is 2.28 bits per heavy atom. The van der Waals surface area contributed by atoms with Gasteiger partial charge in [-0.05, 0) is 48.9 Å². The third-order valence-electron chi connectivity index (χ3n) is 3.19. The van der Waals surface area contributed by atoms with E-state index < -0.39 is 0 Å². The molecular formula is C14H17FO3. The van der Waals surface area contributed by atoms with Crippen LogP contribution in [0.25, 0.3) is 0 Å². The summed E-state index contributed by atoms with van der Waals surface area (Å²) >= 11 is 0. The van der Waals surface area contributed by atoms with E-state index >= 15 is 0 Å². The van der Waals surface area contributed by atoms with Gasteiger partial charge in [0.25, 0.3) is 0 Å². The first-order chi connectivity index (χ1) is 8.65. The van der Waals surface area contributed by atoms with Gasteiger partial charge in [-0.15, -0.1) is 0 Å². The zero-order valence-corrected chi connectivity index (χ0v) is 10.4. The van der Waals surface area contributed by atoms with Crippen LogP contribution in [-0.4, -0.2) is 24.3 Å². The van der Waals surface area contributed by atoms with Crippen molar-refractivity contribution in [2.75, 3.05) is 13.2 Å². The molecule has 3 nitrogen and oxygen atoms in total. The van der Waals surface area contributed by atoms with Crippen LogP contribution in [0.3, 0.4) is 0 Å². The number of hydrogen-bond acceptors (Lipinski definition) is 3. The van der Waals surface area contributed by atoms with Crippen molar-refractivity contribution in [1.29, 1.82) is 0 Å².